The summed E-state index contributed by atoms with van der Waals surface area (Å²) in [5, 5.41) is 0. The summed E-state index contributed by atoms with van der Waals surface area (Å²) in [7, 11) is 0. The van der Waals surface area contributed by atoms with E-state index in [1.165, 1.54) is 13.8 Å². The Hall–Kier alpha value is -2.24. The van der Waals surface area contributed by atoms with E-state index in [4.69, 9.17) is 9.47 Å². The molecule has 0 radical (unpaired) electrons. The molecule has 0 aromatic carbocycles. The van der Waals surface area contributed by atoms with Gasteiger partial charge in [0.15, 0.2) is 5.78 Å². The first-order valence-corrected chi connectivity index (χ1v) is 12.3. The summed E-state index contributed by atoms with van der Waals surface area (Å²) in [5.74, 6) is 0.670. The zero-order valence-electron chi connectivity index (χ0n) is 20.4. The monoisotopic (exact) mass is 456 g/mol. The van der Waals surface area contributed by atoms with Crippen molar-refractivity contribution in [2.24, 2.45) is 28.6 Å². The van der Waals surface area contributed by atoms with E-state index >= 15 is 0 Å². The second kappa shape index (κ2) is 8.52. The van der Waals surface area contributed by atoms with E-state index in [1.807, 2.05) is 0 Å². The fourth-order valence-corrected chi connectivity index (χ4v) is 7.54. The number of Topliss-reactive ketones (excluding diaryl/α,β-unsaturated/α-hetero) is 1. The average molecular weight is 457 g/mol. The van der Waals surface area contributed by atoms with Gasteiger partial charge in [0, 0.05) is 37.5 Å². The highest BCUT2D eigenvalue weighted by Gasteiger charge is 2.59. The highest BCUT2D eigenvalue weighted by atomic mass is 16.6. The summed E-state index contributed by atoms with van der Waals surface area (Å²) in [5.41, 5.74) is 1.58. The number of rotatable bonds is 5. The fraction of sp³-hybridized carbons (Fsp3) is 0.704. The van der Waals surface area contributed by atoms with E-state index in [0.717, 1.165) is 43.3 Å². The van der Waals surface area contributed by atoms with Crippen LogP contribution < -0.4 is 0 Å². The first-order chi connectivity index (χ1) is 15.5. The Morgan fingerprint density at radius 1 is 1.00 bits per heavy atom. The second-order valence-corrected chi connectivity index (χ2v) is 10.9. The lowest BCUT2D eigenvalue weighted by atomic mass is 9.46. The third-order valence-electron chi connectivity index (χ3n) is 9.22. The molecule has 4 rings (SSSR count). The van der Waals surface area contributed by atoms with E-state index < -0.39 is 24.1 Å². The van der Waals surface area contributed by atoms with Gasteiger partial charge in [0.05, 0.1) is 0 Å². The molecule has 3 saturated carbocycles. The van der Waals surface area contributed by atoms with Crippen molar-refractivity contribution < 1.29 is 28.7 Å². The standard InChI is InChI=1S/C27H36O6/c1-15(32-16(2)28)24(33-17(3)29)14-19-13-20(30)12-18-6-7-21-22-8-9-25(31)26(22,4)11-10-23(21)27(18,19)5/h12-13,15,21-24H,6-11,14H2,1-5H3/t15-,21-,22-,23-,24+,26-,27+/m0/s1. The molecule has 3 fully saturated rings. The average Bonchev–Trinajstić information content (AvgIpc) is 3.02. The van der Waals surface area contributed by atoms with Crippen molar-refractivity contribution in [1.82, 2.24) is 0 Å². The smallest absolute Gasteiger partial charge is 0.303 e. The van der Waals surface area contributed by atoms with Gasteiger partial charge in [0.1, 0.15) is 18.0 Å². The second-order valence-electron chi connectivity index (χ2n) is 10.9. The van der Waals surface area contributed by atoms with Gasteiger partial charge in [-0.1, -0.05) is 25.0 Å². The van der Waals surface area contributed by atoms with Gasteiger partial charge >= 0.3 is 11.9 Å². The zero-order valence-corrected chi connectivity index (χ0v) is 20.4. The van der Waals surface area contributed by atoms with Crippen LogP contribution in [0.5, 0.6) is 0 Å². The van der Waals surface area contributed by atoms with Gasteiger partial charge in [0.2, 0.25) is 0 Å². The lowest BCUT2D eigenvalue weighted by Gasteiger charge is -2.57. The van der Waals surface area contributed by atoms with Crippen LogP contribution in [0.15, 0.2) is 23.3 Å². The minimum atomic E-state index is -0.663. The molecule has 0 aromatic rings. The molecule has 0 heterocycles. The number of allylic oxidation sites excluding steroid dienone is 3. The lowest BCUT2D eigenvalue weighted by molar-refractivity contribution is -0.164. The molecule has 7 atom stereocenters. The van der Waals surface area contributed by atoms with E-state index in [-0.39, 0.29) is 16.6 Å². The van der Waals surface area contributed by atoms with Crippen molar-refractivity contribution in [3.05, 3.63) is 23.3 Å². The highest BCUT2D eigenvalue weighted by Crippen LogP contribution is 2.65. The Morgan fingerprint density at radius 3 is 2.36 bits per heavy atom. The number of esters is 2. The summed E-state index contributed by atoms with van der Waals surface area (Å²) in [6.45, 7) is 8.79. The molecule has 4 aliphatic carbocycles. The summed E-state index contributed by atoms with van der Waals surface area (Å²) >= 11 is 0. The van der Waals surface area contributed by atoms with E-state index in [9.17, 15) is 19.2 Å². The maximum absolute atomic E-state index is 12.7. The molecular weight excluding hydrogens is 420 g/mol. The fourth-order valence-electron chi connectivity index (χ4n) is 7.54. The van der Waals surface area contributed by atoms with Crippen molar-refractivity contribution in [3.63, 3.8) is 0 Å². The number of ether oxygens (including phenoxy) is 2. The molecule has 0 bridgehead atoms. The van der Waals surface area contributed by atoms with Crippen LogP contribution in [0.3, 0.4) is 0 Å². The minimum absolute atomic E-state index is 0.0330. The predicted molar refractivity (Wildman–Crippen MR) is 122 cm³/mol. The van der Waals surface area contributed by atoms with Gasteiger partial charge in [-0.05, 0) is 68.9 Å². The van der Waals surface area contributed by atoms with Gasteiger partial charge in [-0.3, -0.25) is 19.2 Å². The van der Waals surface area contributed by atoms with Crippen LogP contribution >= 0.6 is 0 Å². The number of carbonyl (C=O) groups excluding carboxylic acids is 4. The van der Waals surface area contributed by atoms with Crippen molar-refractivity contribution in [2.75, 3.05) is 0 Å². The zero-order chi connectivity index (χ0) is 24.1. The van der Waals surface area contributed by atoms with Crippen molar-refractivity contribution >= 4 is 23.5 Å². The van der Waals surface area contributed by atoms with Crippen molar-refractivity contribution in [2.45, 2.75) is 91.8 Å². The van der Waals surface area contributed by atoms with Gasteiger partial charge in [0.25, 0.3) is 0 Å². The maximum atomic E-state index is 12.7. The molecule has 0 unspecified atom stereocenters. The molecule has 4 aliphatic rings. The Kier molecular flexibility index (Phi) is 6.17. The summed E-state index contributed by atoms with van der Waals surface area (Å²) in [6.07, 6.45) is 7.89. The molecule has 6 heteroatoms. The molecular formula is C27H36O6. The Bertz CT molecular complexity index is 944. The normalized spacial score (nSPS) is 37.1. The van der Waals surface area contributed by atoms with Crippen LogP contribution in [-0.2, 0) is 28.7 Å². The highest BCUT2D eigenvalue weighted by molar-refractivity contribution is 6.02. The number of fused-ring (bicyclic) bond motifs is 5. The molecule has 33 heavy (non-hydrogen) atoms. The Balaban J connectivity index is 1.67. The Labute approximate surface area is 196 Å². The van der Waals surface area contributed by atoms with Crippen LogP contribution in [0, 0.1) is 28.6 Å². The first-order valence-electron chi connectivity index (χ1n) is 12.3. The maximum Gasteiger partial charge on any atom is 0.303 e. The topological polar surface area (TPSA) is 86.7 Å². The molecule has 180 valence electrons. The van der Waals surface area contributed by atoms with Gasteiger partial charge < -0.3 is 9.47 Å². The van der Waals surface area contributed by atoms with Gasteiger partial charge in [-0.15, -0.1) is 0 Å². The SMILES string of the molecule is CC(=O)O[C@@H](C)[C@@H](CC1=CC(=O)C=C2CC[C@@H]3[C@H](CC[C@]4(C)C(=O)CC[C@@H]34)[C@]21C)OC(C)=O. The summed E-state index contributed by atoms with van der Waals surface area (Å²) in [4.78, 5) is 48.8. The molecule has 0 aliphatic heterocycles. The lowest BCUT2D eigenvalue weighted by Crippen LogP contribution is -2.51. The van der Waals surface area contributed by atoms with Crippen LogP contribution in [0.4, 0.5) is 0 Å². The van der Waals surface area contributed by atoms with Crippen molar-refractivity contribution in [1.29, 1.82) is 0 Å². The Morgan fingerprint density at radius 2 is 1.70 bits per heavy atom. The largest absolute Gasteiger partial charge is 0.459 e. The van der Waals surface area contributed by atoms with Gasteiger partial charge in [-0.2, -0.15) is 0 Å². The molecule has 0 saturated heterocycles. The van der Waals surface area contributed by atoms with Gasteiger partial charge in [-0.25, -0.2) is 0 Å². The van der Waals surface area contributed by atoms with E-state index in [0.29, 0.717) is 36.4 Å². The number of hydrogen-bond donors (Lipinski definition) is 0. The molecule has 6 nitrogen and oxygen atoms in total. The number of ketones is 2. The quantitative estimate of drug-likeness (QED) is 0.566. The molecule has 0 N–H and O–H groups in total. The third-order valence-corrected chi connectivity index (χ3v) is 9.22. The molecule has 0 spiro atoms. The van der Waals surface area contributed by atoms with Crippen LogP contribution in [0.25, 0.3) is 0 Å². The number of hydrogen-bond acceptors (Lipinski definition) is 6. The number of carbonyl (C=O) groups is 4. The molecule has 0 amide bonds. The third kappa shape index (κ3) is 4.00. The van der Waals surface area contributed by atoms with Crippen LogP contribution in [0.2, 0.25) is 0 Å². The first kappa shape index (κ1) is 23.9. The minimum Gasteiger partial charge on any atom is -0.459 e. The predicted octanol–water partition coefficient (Wildman–Crippen LogP) is 4.51. The van der Waals surface area contributed by atoms with Crippen LogP contribution in [0.1, 0.15) is 79.6 Å². The van der Waals surface area contributed by atoms with E-state index in [1.54, 1.807) is 19.1 Å². The van der Waals surface area contributed by atoms with Crippen LogP contribution in [-0.4, -0.2) is 35.7 Å². The molecule has 0 aromatic heterocycles. The van der Waals surface area contributed by atoms with E-state index in [2.05, 4.69) is 13.8 Å². The summed E-state index contributed by atoms with van der Waals surface area (Å²) in [6, 6.07) is 0. The summed E-state index contributed by atoms with van der Waals surface area (Å²) < 4.78 is 10.9. The van der Waals surface area contributed by atoms with Crippen molar-refractivity contribution in [3.8, 4) is 0 Å².